The summed E-state index contributed by atoms with van der Waals surface area (Å²) in [5.41, 5.74) is 2.98. The molecule has 0 saturated heterocycles. The summed E-state index contributed by atoms with van der Waals surface area (Å²) in [5.74, 6) is 0.146. The number of hydrogen-bond donors (Lipinski definition) is 1. The Bertz CT molecular complexity index is 776. The van der Waals surface area contributed by atoms with Crippen LogP contribution in [0.3, 0.4) is 0 Å². The number of benzene rings is 1. The molecule has 0 radical (unpaired) electrons. The number of anilines is 1. The monoisotopic (exact) mass is 324 g/mol. The van der Waals surface area contributed by atoms with Crippen LogP contribution < -0.4 is 5.32 Å². The lowest BCUT2D eigenvalue weighted by atomic mass is 9.69. The standard InChI is InChI=1S/C19H20N2OS/c1-19(2)10-14-17(15(22)11-19)18(16-8-5-9-23-16)21-13-7-4-3-6-12(13)20-14/h3-9,17-18,21H,10-11H2,1-2H3/t17?,18-/m1/s1. The number of carbonyl (C=O) groups is 1. The summed E-state index contributed by atoms with van der Waals surface area (Å²) < 4.78 is 0. The fourth-order valence-corrected chi connectivity index (χ4v) is 4.53. The largest absolute Gasteiger partial charge is 0.375 e. The molecule has 23 heavy (non-hydrogen) atoms. The number of aliphatic imine (C=N–C) groups is 1. The molecule has 1 saturated carbocycles. The highest BCUT2D eigenvalue weighted by Crippen LogP contribution is 2.45. The third kappa shape index (κ3) is 2.61. The molecule has 4 rings (SSSR count). The third-order valence-electron chi connectivity index (χ3n) is 4.68. The molecule has 118 valence electrons. The Labute approximate surface area is 140 Å². The zero-order chi connectivity index (χ0) is 16.0. The first-order valence-corrected chi connectivity index (χ1v) is 8.91. The molecule has 0 spiro atoms. The van der Waals surface area contributed by atoms with Gasteiger partial charge in [-0.25, -0.2) is 0 Å². The Morgan fingerprint density at radius 2 is 2.00 bits per heavy atom. The maximum Gasteiger partial charge on any atom is 0.144 e. The van der Waals surface area contributed by atoms with Crippen molar-refractivity contribution in [1.82, 2.24) is 0 Å². The average molecular weight is 324 g/mol. The minimum Gasteiger partial charge on any atom is -0.375 e. The van der Waals surface area contributed by atoms with Crippen LogP contribution in [0.2, 0.25) is 0 Å². The molecule has 1 N–H and O–H groups in total. The van der Waals surface area contributed by atoms with Crippen molar-refractivity contribution in [1.29, 1.82) is 0 Å². The van der Waals surface area contributed by atoms with Gasteiger partial charge in [-0.3, -0.25) is 9.79 Å². The van der Waals surface area contributed by atoms with Crippen LogP contribution in [-0.4, -0.2) is 11.5 Å². The highest BCUT2D eigenvalue weighted by atomic mass is 32.1. The van der Waals surface area contributed by atoms with Crippen molar-refractivity contribution in [2.45, 2.75) is 32.7 Å². The number of fused-ring (bicyclic) bond motifs is 2. The molecule has 0 bridgehead atoms. The second kappa shape index (κ2) is 5.31. The van der Waals surface area contributed by atoms with E-state index in [0.29, 0.717) is 12.2 Å². The Morgan fingerprint density at radius 1 is 1.17 bits per heavy atom. The summed E-state index contributed by atoms with van der Waals surface area (Å²) in [7, 11) is 0. The second-order valence-corrected chi connectivity index (χ2v) is 8.20. The number of nitrogens with one attached hydrogen (secondary N) is 1. The van der Waals surface area contributed by atoms with Crippen LogP contribution in [0.1, 0.15) is 37.6 Å². The molecule has 1 unspecified atom stereocenters. The molecule has 2 atom stereocenters. The molecular formula is C19H20N2OS. The van der Waals surface area contributed by atoms with Gasteiger partial charge in [-0.05, 0) is 35.4 Å². The zero-order valence-electron chi connectivity index (χ0n) is 13.4. The lowest BCUT2D eigenvalue weighted by Gasteiger charge is -2.37. The predicted octanol–water partition coefficient (Wildman–Crippen LogP) is 4.99. The Morgan fingerprint density at radius 3 is 2.78 bits per heavy atom. The molecule has 3 nitrogen and oxygen atoms in total. The summed E-state index contributed by atoms with van der Waals surface area (Å²) >= 11 is 1.70. The van der Waals surface area contributed by atoms with Crippen LogP contribution in [-0.2, 0) is 4.79 Å². The number of para-hydroxylation sites is 2. The van der Waals surface area contributed by atoms with Crippen molar-refractivity contribution in [2.75, 3.05) is 5.32 Å². The first-order valence-electron chi connectivity index (χ1n) is 8.03. The smallest absolute Gasteiger partial charge is 0.144 e. The van der Waals surface area contributed by atoms with E-state index in [1.165, 1.54) is 4.88 Å². The minimum absolute atomic E-state index is 0.00823. The van der Waals surface area contributed by atoms with E-state index in [9.17, 15) is 4.79 Å². The number of thiophene rings is 1. The molecule has 1 aromatic heterocycles. The minimum atomic E-state index is -0.158. The van der Waals surface area contributed by atoms with Gasteiger partial charge >= 0.3 is 0 Å². The first-order chi connectivity index (χ1) is 11.0. The van der Waals surface area contributed by atoms with E-state index in [1.54, 1.807) is 11.3 Å². The van der Waals surface area contributed by atoms with E-state index in [-0.39, 0.29) is 17.4 Å². The zero-order valence-corrected chi connectivity index (χ0v) is 14.2. The molecule has 1 fully saturated rings. The summed E-state index contributed by atoms with van der Waals surface area (Å²) in [5, 5.41) is 5.67. The number of carbonyl (C=O) groups excluding carboxylic acids is 1. The molecule has 0 amide bonds. The number of hydrogen-bond acceptors (Lipinski definition) is 4. The SMILES string of the molecule is CC1(C)CC(=O)C2C(=Nc3ccccc3N[C@@H]2c2cccs2)C1. The lowest BCUT2D eigenvalue weighted by molar-refractivity contribution is -0.124. The van der Waals surface area contributed by atoms with Gasteiger partial charge in [0.05, 0.1) is 23.3 Å². The maximum atomic E-state index is 12.9. The van der Waals surface area contributed by atoms with E-state index in [1.807, 2.05) is 30.3 Å². The fraction of sp³-hybridized carbons (Fsp3) is 0.368. The third-order valence-corrected chi connectivity index (χ3v) is 5.64. The van der Waals surface area contributed by atoms with E-state index in [2.05, 4.69) is 30.6 Å². The molecule has 1 aromatic carbocycles. The van der Waals surface area contributed by atoms with Crippen LogP contribution in [0.25, 0.3) is 0 Å². The normalized spacial score (nSPS) is 25.7. The van der Waals surface area contributed by atoms with Gasteiger partial charge in [0.25, 0.3) is 0 Å². The van der Waals surface area contributed by atoms with Crippen LogP contribution >= 0.6 is 11.3 Å². The molecule has 2 heterocycles. The predicted molar refractivity (Wildman–Crippen MR) is 95.7 cm³/mol. The first kappa shape index (κ1) is 14.6. The van der Waals surface area contributed by atoms with Crippen molar-refractivity contribution in [3.8, 4) is 0 Å². The summed E-state index contributed by atoms with van der Waals surface area (Å²) in [6.07, 6.45) is 1.50. The van der Waals surface area contributed by atoms with Crippen LogP contribution in [0.15, 0.2) is 46.8 Å². The molecule has 2 aliphatic rings. The Kier molecular flexibility index (Phi) is 3.38. The Balaban J connectivity index is 1.87. The van der Waals surface area contributed by atoms with Crippen molar-refractivity contribution in [3.63, 3.8) is 0 Å². The quantitative estimate of drug-likeness (QED) is 0.802. The molecule has 2 aromatic rings. The molecule has 1 aliphatic carbocycles. The highest BCUT2D eigenvalue weighted by Gasteiger charge is 2.44. The van der Waals surface area contributed by atoms with E-state index in [4.69, 9.17) is 4.99 Å². The van der Waals surface area contributed by atoms with Crippen molar-refractivity contribution < 1.29 is 4.79 Å². The second-order valence-electron chi connectivity index (χ2n) is 7.22. The van der Waals surface area contributed by atoms with Gasteiger partial charge in [-0.1, -0.05) is 32.0 Å². The van der Waals surface area contributed by atoms with Gasteiger partial charge in [-0.2, -0.15) is 0 Å². The maximum absolute atomic E-state index is 12.9. The Hall–Kier alpha value is -1.94. The van der Waals surface area contributed by atoms with Gasteiger partial charge in [0.2, 0.25) is 0 Å². The lowest BCUT2D eigenvalue weighted by Crippen LogP contribution is -2.41. The van der Waals surface area contributed by atoms with E-state index < -0.39 is 0 Å². The van der Waals surface area contributed by atoms with Crippen molar-refractivity contribution >= 4 is 34.2 Å². The summed E-state index contributed by atoms with van der Waals surface area (Å²) in [6.45, 7) is 4.32. The van der Waals surface area contributed by atoms with Gasteiger partial charge < -0.3 is 5.32 Å². The van der Waals surface area contributed by atoms with Gasteiger partial charge in [0.15, 0.2) is 0 Å². The van der Waals surface area contributed by atoms with Gasteiger partial charge in [0.1, 0.15) is 5.78 Å². The number of nitrogens with zero attached hydrogens (tertiary/aromatic N) is 1. The van der Waals surface area contributed by atoms with Gasteiger partial charge in [-0.15, -0.1) is 11.3 Å². The summed E-state index contributed by atoms with van der Waals surface area (Å²) in [6, 6.07) is 12.2. The van der Waals surface area contributed by atoms with Crippen molar-refractivity contribution in [2.24, 2.45) is 16.3 Å². The molecular weight excluding hydrogens is 304 g/mol. The van der Waals surface area contributed by atoms with Gasteiger partial charge in [0, 0.05) is 17.0 Å². The topological polar surface area (TPSA) is 41.5 Å². The van der Waals surface area contributed by atoms with E-state index in [0.717, 1.165) is 23.5 Å². The fourth-order valence-electron chi connectivity index (χ4n) is 3.72. The van der Waals surface area contributed by atoms with Crippen molar-refractivity contribution in [3.05, 3.63) is 46.7 Å². The number of ketones is 1. The average Bonchev–Trinajstić information content (AvgIpc) is 2.95. The summed E-state index contributed by atoms with van der Waals surface area (Å²) in [4.78, 5) is 19.0. The highest BCUT2D eigenvalue weighted by molar-refractivity contribution is 7.10. The van der Waals surface area contributed by atoms with Crippen LogP contribution in [0.5, 0.6) is 0 Å². The van der Waals surface area contributed by atoms with Crippen LogP contribution in [0.4, 0.5) is 11.4 Å². The molecule has 4 heteroatoms. The van der Waals surface area contributed by atoms with Crippen LogP contribution in [0, 0.1) is 11.3 Å². The van der Waals surface area contributed by atoms with E-state index >= 15 is 0 Å². The number of rotatable bonds is 1. The number of Topliss-reactive ketones (excluding diaryl/α,β-unsaturated/α-hetero) is 1. The molecule has 1 aliphatic heterocycles.